The van der Waals surface area contributed by atoms with E-state index in [1.807, 2.05) is 60.7 Å². The van der Waals surface area contributed by atoms with Gasteiger partial charge in [-0.05, 0) is 29.3 Å². The molecule has 0 fully saturated rings. The molecule has 0 saturated heterocycles. The standard InChI is InChI=1S/C26H28N2O4/c1-28(26(30)24-16-23(32-15-14-27)13-12-22(24)17-29)25(21-10-6-3-7-11-21)19-31-18-20-8-4-2-5-9-20/h2-13,16-17,25H,14-15,18-19,27H2,1H3/t25-/m1/s1. The Labute approximate surface area is 188 Å². The number of ether oxygens (including phenoxy) is 2. The van der Waals surface area contributed by atoms with Crippen LogP contribution in [0.4, 0.5) is 0 Å². The van der Waals surface area contributed by atoms with Gasteiger partial charge in [-0.2, -0.15) is 0 Å². The summed E-state index contributed by atoms with van der Waals surface area (Å²) in [6.07, 6.45) is 0.678. The molecule has 6 nitrogen and oxygen atoms in total. The molecule has 1 amide bonds. The van der Waals surface area contributed by atoms with Crippen LogP contribution in [-0.4, -0.2) is 43.9 Å². The minimum atomic E-state index is -0.333. The fraction of sp³-hybridized carbons (Fsp3) is 0.231. The average molecular weight is 433 g/mol. The average Bonchev–Trinajstić information content (AvgIpc) is 2.85. The summed E-state index contributed by atoms with van der Waals surface area (Å²) in [4.78, 5) is 26.6. The summed E-state index contributed by atoms with van der Waals surface area (Å²) in [6, 6.07) is 24.1. The maximum atomic E-state index is 13.4. The smallest absolute Gasteiger partial charge is 0.255 e. The third-order valence-electron chi connectivity index (χ3n) is 5.13. The van der Waals surface area contributed by atoms with Crippen molar-refractivity contribution in [2.45, 2.75) is 12.6 Å². The van der Waals surface area contributed by atoms with Gasteiger partial charge in [-0.3, -0.25) is 9.59 Å². The van der Waals surface area contributed by atoms with Crippen LogP contribution in [0.5, 0.6) is 5.75 Å². The largest absolute Gasteiger partial charge is 0.492 e. The monoisotopic (exact) mass is 432 g/mol. The Balaban J connectivity index is 1.82. The zero-order valence-electron chi connectivity index (χ0n) is 18.1. The molecule has 2 N–H and O–H groups in total. The van der Waals surface area contributed by atoms with Gasteiger partial charge in [0.2, 0.25) is 0 Å². The van der Waals surface area contributed by atoms with Gasteiger partial charge in [0, 0.05) is 19.2 Å². The lowest BCUT2D eigenvalue weighted by atomic mass is 10.0. The molecule has 3 aromatic carbocycles. The number of rotatable bonds is 11. The fourth-order valence-corrected chi connectivity index (χ4v) is 3.39. The molecule has 0 aliphatic heterocycles. The van der Waals surface area contributed by atoms with E-state index < -0.39 is 0 Å². The number of aldehydes is 1. The van der Waals surface area contributed by atoms with Gasteiger partial charge in [0.05, 0.1) is 24.8 Å². The van der Waals surface area contributed by atoms with Crippen molar-refractivity contribution in [3.63, 3.8) is 0 Å². The second-order valence-corrected chi connectivity index (χ2v) is 7.35. The summed E-state index contributed by atoms with van der Waals surface area (Å²) in [5.74, 6) is 0.205. The summed E-state index contributed by atoms with van der Waals surface area (Å²) >= 11 is 0. The molecule has 1 atom stereocenters. The van der Waals surface area contributed by atoms with Crippen molar-refractivity contribution >= 4 is 12.2 Å². The number of amides is 1. The number of nitrogens with two attached hydrogens (primary N) is 1. The normalized spacial score (nSPS) is 11.6. The van der Waals surface area contributed by atoms with Crippen molar-refractivity contribution in [1.29, 1.82) is 0 Å². The van der Waals surface area contributed by atoms with Crippen LogP contribution in [0.2, 0.25) is 0 Å². The highest BCUT2D eigenvalue weighted by atomic mass is 16.5. The van der Waals surface area contributed by atoms with Gasteiger partial charge in [0.25, 0.3) is 5.91 Å². The van der Waals surface area contributed by atoms with E-state index in [-0.39, 0.29) is 17.5 Å². The number of carbonyl (C=O) groups excluding carboxylic acids is 2. The van der Waals surface area contributed by atoms with Gasteiger partial charge < -0.3 is 20.1 Å². The van der Waals surface area contributed by atoms with E-state index >= 15 is 0 Å². The van der Waals surface area contributed by atoms with E-state index in [9.17, 15) is 9.59 Å². The van der Waals surface area contributed by atoms with E-state index in [2.05, 4.69) is 0 Å². The molecule has 0 radical (unpaired) electrons. The maximum absolute atomic E-state index is 13.4. The lowest BCUT2D eigenvalue weighted by Gasteiger charge is -2.29. The zero-order valence-corrected chi connectivity index (χ0v) is 18.1. The Morgan fingerprint density at radius 2 is 1.72 bits per heavy atom. The Kier molecular flexibility index (Phi) is 8.54. The van der Waals surface area contributed by atoms with E-state index in [0.29, 0.717) is 44.0 Å². The van der Waals surface area contributed by atoms with E-state index in [0.717, 1.165) is 11.1 Å². The molecule has 0 bridgehead atoms. The zero-order chi connectivity index (χ0) is 22.8. The highest BCUT2D eigenvalue weighted by Gasteiger charge is 2.25. The summed E-state index contributed by atoms with van der Waals surface area (Å²) in [5.41, 5.74) is 8.09. The molecule has 0 aliphatic carbocycles. The molecule has 32 heavy (non-hydrogen) atoms. The van der Waals surface area contributed by atoms with Crippen LogP contribution >= 0.6 is 0 Å². The first-order valence-corrected chi connectivity index (χ1v) is 10.5. The topological polar surface area (TPSA) is 81.9 Å². The SMILES string of the molecule is CN(C(=O)c1cc(OCCN)ccc1C=O)[C@H](COCc1ccccc1)c1ccccc1. The number of nitrogens with zero attached hydrogens (tertiary/aromatic N) is 1. The predicted octanol–water partition coefficient (Wildman–Crippen LogP) is 3.87. The van der Waals surface area contributed by atoms with Crippen LogP contribution in [0, 0.1) is 0 Å². The number of carbonyl (C=O) groups is 2. The van der Waals surface area contributed by atoms with Crippen LogP contribution in [0.1, 0.15) is 37.9 Å². The van der Waals surface area contributed by atoms with Crippen LogP contribution in [0.3, 0.4) is 0 Å². The molecule has 0 saturated carbocycles. The Hall–Kier alpha value is -3.48. The molecule has 0 aliphatic rings. The quantitative estimate of drug-likeness (QED) is 0.465. The van der Waals surface area contributed by atoms with Crippen molar-refractivity contribution in [1.82, 2.24) is 4.90 Å². The number of hydrogen-bond donors (Lipinski definition) is 1. The fourth-order valence-electron chi connectivity index (χ4n) is 3.39. The molecular weight excluding hydrogens is 404 g/mol. The predicted molar refractivity (Wildman–Crippen MR) is 124 cm³/mol. The molecule has 3 rings (SSSR count). The van der Waals surface area contributed by atoms with Gasteiger partial charge in [0.15, 0.2) is 6.29 Å². The number of benzene rings is 3. The first-order valence-electron chi connectivity index (χ1n) is 10.5. The van der Waals surface area contributed by atoms with Crippen LogP contribution in [0.25, 0.3) is 0 Å². The Morgan fingerprint density at radius 1 is 1.03 bits per heavy atom. The minimum Gasteiger partial charge on any atom is -0.492 e. The molecular formula is C26H28N2O4. The van der Waals surface area contributed by atoms with Gasteiger partial charge >= 0.3 is 0 Å². The second kappa shape index (κ2) is 11.8. The highest BCUT2D eigenvalue weighted by Crippen LogP contribution is 2.25. The molecule has 0 spiro atoms. The first kappa shape index (κ1) is 23.2. The van der Waals surface area contributed by atoms with Crippen molar-refractivity contribution in [2.75, 3.05) is 26.8 Å². The molecule has 6 heteroatoms. The van der Waals surface area contributed by atoms with Crippen LogP contribution in [0.15, 0.2) is 78.9 Å². The van der Waals surface area contributed by atoms with Crippen molar-refractivity contribution in [3.8, 4) is 5.75 Å². The van der Waals surface area contributed by atoms with Gasteiger partial charge in [-0.1, -0.05) is 60.7 Å². The van der Waals surface area contributed by atoms with Crippen molar-refractivity contribution in [2.24, 2.45) is 5.73 Å². The highest BCUT2D eigenvalue weighted by molar-refractivity contribution is 6.01. The molecule has 3 aromatic rings. The summed E-state index contributed by atoms with van der Waals surface area (Å²) < 4.78 is 11.5. The Bertz CT molecular complexity index is 1010. The second-order valence-electron chi connectivity index (χ2n) is 7.35. The summed E-state index contributed by atoms with van der Waals surface area (Å²) in [5, 5.41) is 0. The van der Waals surface area contributed by atoms with Gasteiger partial charge in [0.1, 0.15) is 12.4 Å². The van der Waals surface area contributed by atoms with Crippen molar-refractivity contribution in [3.05, 3.63) is 101 Å². The van der Waals surface area contributed by atoms with E-state index in [1.165, 1.54) is 0 Å². The van der Waals surface area contributed by atoms with E-state index in [1.54, 1.807) is 30.1 Å². The summed E-state index contributed by atoms with van der Waals surface area (Å²) in [7, 11) is 1.72. The first-order chi connectivity index (χ1) is 15.6. The lowest BCUT2D eigenvalue weighted by Crippen LogP contribution is -2.34. The number of likely N-dealkylation sites (N-methyl/N-ethyl adjacent to an activating group) is 1. The van der Waals surface area contributed by atoms with Crippen LogP contribution < -0.4 is 10.5 Å². The van der Waals surface area contributed by atoms with Crippen LogP contribution in [-0.2, 0) is 11.3 Å². The van der Waals surface area contributed by atoms with Gasteiger partial charge in [-0.15, -0.1) is 0 Å². The van der Waals surface area contributed by atoms with Crippen molar-refractivity contribution < 1.29 is 19.1 Å². The molecule has 0 aromatic heterocycles. The van der Waals surface area contributed by atoms with E-state index in [4.69, 9.17) is 15.2 Å². The molecule has 0 unspecified atom stereocenters. The number of hydrogen-bond acceptors (Lipinski definition) is 5. The molecule has 166 valence electrons. The lowest BCUT2D eigenvalue weighted by molar-refractivity contribution is 0.0451. The third kappa shape index (κ3) is 6.03. The Morgan fingerprint density at radius 3 is 2.38 bits per heavy atom. The minimum absolute atomic E-state index is 0.279. The molecule has 0 heterocycles. The third-order valence-corrected chi connectivity index (χ3v) is 5.13. The van der Waals surface area contributed by atoms with Gasteiger partial charge in [-0.25, -0.2) is 0 Å². The summed E-state index contributed by atoms with van der Waals surface area (Å²) in [6.45, 7) is 1.42. The maximum Gasteiger partial charge on any atom is 0.255 e.